The predicted octanol–water partition coefficient (Wildman–Crippen LogP) is 2.09. The summed E-state index contributed by atoms with van der Waals surface area (Å²) in [5.41, 5.74) is 6.42. The summed E-state index contributed by atoms with van der Waals surface area (Å²) >= 11 is 5.63. The maximum atomic E-state index is 10.9. The Morgan fingerprint density at radius 1 is 1.42 bits per heavy atom. The molecule has 2 N–H and O–H groups in total. The van der Waals surface area contributed by atoms with Gasteiger partial charge in [0.1, 0.15) is 5.50 Å². The number of nitrogens with two attached hydrogens (primary N) is 1. The van der Waals surface area contributed by atoms with Gasteiger partial charge in [-0.2, -0.15) is 0 Å². The standard InChI is InChI=1S/C9H10ClNO/c1-6(12)7-2-4-8(5-3-7)9(10)11/h2-5,9H,11H2,1H3. The van der Waals surface area contributed by atoms with Gasteiger partial charge in [0, 0.05) is 5.56 Å². The van der Waals surface area contributed by atoms with Crippen molar-refractivity contribution >= 4 is 17.4 Å². The van der Waals surface area contributed by atoms with Gasteiger partial charge in [0.15, 0.2) is 5.78 Å². The molecule has 0 amide bonds. The molecule has 1 aromatic carbocycles. The molecule has 64 valence electrons. The quantitative estimate of drug-likeness (QED) is 0.434. The smallest absolute Gasteiger partial charge is 0.159 e. The zero-order valence-corrected chi connectivity index (χ0v) is 7.51. The number of hydrogen-bond donors (Lipinski definition) is 1. The Bertz CT molecular complexity index is 279. The summed E-state index contributed by atoms with van der Waals surface area (Å²) in [6, 6.07) is 6.96. The van der Waals surface area contributed by atoms with Crippen LogP contribution in [0.15, 0.2) is 24.3 Å². The number of carbonyl (C=O) groups excluding carboxylic acids is 1. The van der Waals surface area contributed by atoms with Gasteiger partial charge in [-0.05, 0) is 12.5 Å². The van der Waals surface area contributed by atoms with Crippen LogP contribution in [-0.4, -0.2) is 5.78 Å². The molecule has 1 unspecified atom stereocenters. The van der Waals surface area contributed by atoms with E-state index in [9.17, 15) is 4.79 Å². The summed E-state index contributed by atoms with van der Waals surface area (Å²) in [7, 11) is 0. The first-order chi connectivity index (χ1) is 5.61. The average Bonchev–Trinajstić information content (AvgIpc) is 2.04. The van der Waals surface area contributed by atoms with E-state index in [2.05, 4.69) is 0 Å². The molecule has 0 fully saturated rings. The van der Waals surface area contributed by atoms with E-state index in [-0.39, 0.29) is 5.78 Å². The molecule has 0 aliphatic heterocycles. The lowest BCUT2D eigenvalue weighted by Gasteiger charge is -2.02. The Hall–Kier alpha value is -0.860. The van der Waals surface area contributed by atoms with Crippen LogP contribution in [0.4, 0.5) is 0 Å². The summed E-state index contributed by atoms with van der Waals surface area (Å²) in [5.74, 6) is 0.0460. The van der Waals surface area contributed by atoms with Crippen LogP contribution in [0.25, 0.3) is 0 Å². The first kappa shape index (κ1) is 9.23. The van der Waals surface area contributed by atoms with Crippen LogP contribution in [-0.2, 0) is 0 Å². The highest BCUT2D eigenvalue weighted by Gasteiger charge is 2.02. The summed E-state index contributed by atoms with van der Waals surface area (Å²) in [4.78, 5) is 10.9. The third-order valence-electron chi connectivity index (χ3n) is 1.64. The van der Waals surface area contributed by atoms with E-state index in [1.807, 2.05) is 0 Å². The molecule has 0 aliphatic carbocycles. The molecular weight excluding hydrogens is 174 g/mol. The van der Waals surface area contributed by atoms with Crippen LogP contribution >= 0.6 is 11.6 Å². The maximum Gasteiger partial charge on any atom is 0.159 e. The second kappa shape index (κ2) is 3.70. The van der Waals surface area contributed by atoms with Gasteiger partial charge >= 0.3 is 0 Å². The average molecular weight is 184 g/mol. The predicted molar refractivity (Wildman–Crippen MR) is 49.2 cm³/mol. The van der Waals surface area contributed by atoms with Crippen LogP contribution in [0.5, 0.6) is 0 Å². The minimum atomic E-state index is -0.494. The molecule has 0 saturated heterocycles. The van der Waals surface area contributed by atoms with Crippen LogP contribution in [0, 0.1) is 0 Å². The number of carbonyl (C=O) groups is 1. The molecule has 0 aromatic heterocycles. The lowest BCUT2D eigenvalue weighted by atomic mass is 10.1. The van der Waals surface area contributed by atoms with Crippen molar-refractivity contribution in [1.29, 1.82) is 0 Å². The van der Waals surface area contributed by atoms with Gasteiger partial charge < -0.3 is 5.73 Å². The summed E-state index contributed by atoms with van der Waals surface area (Å²) in [6.45, 7) is 1.52. The summed E-state index contributed by atoms with van der Waals surface area (Å²) in [5, 5.41) is 0. The Labute approximate surface area is 76.3 Å². The minimum Gasteiger partial charge on any atom is -0.312 e. The van der Waals surface area contributed by atoms with E-state index in [0.29, 0.717) is 5.56 Å². The number of ketones is 1. The van der Waals surface area contributed by atoms with Crippen molar-refractivity contribution in [1.82, 2.24) is 0 Å². The highest BCUT2D eigenvalue weighted by molar-refractivity contribution is 6.20. The molecule has 1 rings (SSSR count). The van der Waals surface area contributed by atoms with Crippen molar-refractivity contribution in [2.75, 3.05) is 0 Å². The molecule has 1 atom stereocenters. The fraction of sp³-hybridized carbons (Fsp3) is 0.222. The number of hydrogen-bond acceptors (Lipinski definition) is 2. The number of halogens is 1. The van der Waals surface area contributed by atoms with Crippen molar-refractivity contribution in [2.45, 2.75) is 12.4 Å². The van der Waals surface area contributed by atoms with Gasteiger partial charge in [0.25, 0.3) is 0 Å². The van der Waals surface area contributed by atoms with Crippen molar-refractivity contribution < 1.29 is 4.79 Å². The molecule has 0 aliphatic rings. The summed E-state index contributed by atoms with van der Waals surface area (Å²) in [6.07, 6.45) is 0. The fourth-order valence-electron chi connectivity index (χ4n) is 0.902. The Morgan fingerprint density at radius 3 is 2.25 bits per heavy atom. The van der Waals surface area contributed by atoms with E-state index in [0.717, 1.165) is 5.56 Å². The number of alkyl halides is 1. The molecule has 0 saturated carbocycles. The normalized spacial score (nSPS) is 12.6. The van der Waals surface area contributed by atoms with Crippen LogP contribution < -0.4 is 5.73 Å². The zero-order valence-electron chi connectivity index (χ0n) is 6.75. The maximum absolute atomic E-state index is 10.9. The van der Waals surface area contributed by atoms with Crippen LogP contribution in [0.3, 0.4) is 0 Å². The lowest BCUT2D eigenvalue weighted by Crippen LogP contribution is -2.02. The zero-order chi connectivity index (χ0) is 9.14. The van der Waals surface area contributed by atoms with Gasteiger partial charge in [-0.1, -0.05) is 24.3 Å². The molecular formula is C9H10ClNO. The van der Waals surface area contributed by atoms with Crippen LogP contribution in [0.1, 0.15) is 28.3 Å². The largest absolute Gasteiger partial charge is 0.312 e. The van der Waals surface area contributed by atoms with Crippen molar-refractivity contribution in [2.24, 2.45) is 5.73 Å². The molecule has 3 heteroatoms. The van der Waals surface area contributed by atoms with Gasteiger partial charge in [-0.15, -0.1) is 11.6 Å². The Morgan fingerprint density at radius 2 is 1.92 bits per heavy atom. The van der Waals surface area contributed by atoms with E-state index in [1.165, 1.54) is 6.92 Å². The first-order valence-electron chi connectivity index (χ1n) is 3.62. The lowest BCUT2D eigenvalue weighted by molar-refractivity contribution is 0.101. The Balaban J connectivity index is 2.93. The minimum absolute atomic E-state index is 0.0460. The highest BCUT2D eigenvalue weighted by atomic mass is 35.5. The molecule has 0 spiro atoms. The van der Waals surface area contributed by atoms with Gasteiger partial charge in [-0.25, -0.2) is 0 Å². The second-order valence-electron chi connectivity index (χ2n) is 2.58. The molecule has 0 radical (unpaired) electrons. The van der Waals surface area contributed by atoms with E-state index >= 15 is 0 Å². The molecule has 2 nitrogen and oxygen atoms in total. The van der Waals surface area contributed by atoms with Gasteiger partial charge in [0.2, 0.25) is 0 Å². The van der Waals surface area contributed by atoms with Crippen molar-refractivity contribution in [3.8, 4) is 0 Å². The number of Topliss-reactive ketones (excluding diaryl/α,β-unsaturated/α-hetero) is 1. The van der Waals surface area contributed by atoms with Crippen LogP contribution in [0.2, 0.25) is 0 Å². The SMILES string of the molecule is CC(=O)c1ccc(C(N)Cl)cc1. The molecule has 1 aromatic rings. The van der Waals surface area contributed by atoms with E-state index in [4.69, 9.17) is 17.3 Å². The third-order valence-corrected chi connectivity index (χ3v) is 1.89. The molecule has 0 heterocycles. The fourth-order valence-corrected chi connectivity index (χ4v) is 1.05. The topological polar surface area (TPSA) is 43.1 Å². The van der Waals surface area contributed by atoms with Gasteiger partial charge in [0.05, 0.1) is 0 Å². The highest BCUT2D eigenvalue weighted by Crippen LogP contribution is 2.14. The van der Waals surface area contributed by atoms with Gasteiger partial charge in [-0.3, -0.25) is 4.79 Å². The summed E-state index contributed by atoms with van der Waals surface area (Å²) < 4.78 is 0. The van der Waals surface area contributed by atoms with Crippen molar-refractivity contribution in [3.63, 3.8) is 0 Å². The van der Waals surface area contributed by atoms with Crippen molar-refractivity contribution in [3.05, 3.63) is 35.4 Å². The molecule has 0 bridgehead atoms. The van der Waals surface area contributed by atoms with E-state index in [1.54, 1.807) is 24.3 Å². The van der Waals surface area contributed by atoms with E-state index < -0.39 is 5.50 Å². The first-order valence-corrected chi connectivity index (χ1v) is 4.05. The number of benzene rings is 1. The monoisotopic (exact) mass is 183 g/mol. The Kier molecular flexibility index (Phi) is 2.84. The third kappa shape index (κ3) is 2.06. The number of rotatable bonds is 2. The molecule has 12 heavy (non-hydrogen) atoms. The second-order valence-corrected chi connectivity index (χ2v) is 3.05.